The summed E-state index contributed by atoms with van der Waals surface area (Å²) in [5.74, 6) is 0.176. The summed E-state index contributed by atoms with van der Waals surface area (Å²) >= 11 is 1.15. The van der Waals surface area contributed by atoms with Crippen LogP contribution >= 0.6 is 11.3 Å². The lowest BCUT2D eigenvalue weighted by Crippen LogP contribution is -2.13. The molecule has 1 N–H and O–H groups in total. The topological polar surface area (TPSA) is 51.2 Å². The summed E-state index contributed by atoms with van der Waals surface area (Å²) in [6.07, 6.45) is -4.47. The number of aryl methyl sites for hydroxylation is 1. The molecule has 8 heteroatoms. The van der Waals surface area contributed by atoms with Gasteiger partial charge in [0, 0.05) is 5.69 Å². The molecular formula is C19H15F3N2O2S. The number of thiazole rings is 1. The van der Waals surface area contributed by atoms with Gasteiger partial charge in [0.2, 0.25) is 0 Å². The van der Waals surface area contributed by atoms with Gasteiger partial charge in [-0.15, -0.1) is 11.3 Å². The van der Waals surface area contributed by atoms with Crippen LogP contribution in [0.3, 0.4) is 0 Å². The summed E-state index contributed by atoms with van der Waals surface area (Å²) in [5, 5.41) is 3.09. The highest BCUT2D eigenvalue weighted by Gasteiger charge is 2.30. The van der Waals surface area contributed by atoms with Crippen molar-refractivity contribution in [3.63, 3.8) is 0 Å². The molecule has 0 aliphatic rings. The monoisotopic (exact) mass is 392 g/mol. The molecule has 0 fully saturated rings. The molecule has 0 unspecified atom stereocenters. The van der Waals surface area contributed by atoms with E-state index in [4.69, 9.17) is 4.74 Å². The Morgan fingerprint density at radius 1 is 1.15 bits per heavy atom. The minimum Gasteiger partial charge on any atom is -0.486 e. The zero-order valence-corrected chi connectivity index (χ0v) is 15.0. The van der Waals surface area contributed by atoms with Crippen molar-refractivity contribution in [2.24, 2.45) is 0 Å². The fourth-order valence-corrected chi connectivity index (χ4v) is 3.22. The first kappa shape index (κ1) is 18.9. The molecule has 1 aromatic heterocycles. The fourth-order valence-electron chi connectivity index (χ4n) is 2.35. The number of anilines is 1. The number of para-hydroxylation sites is 1. The van der Waals surface area contributed by atoms with Crippen LogP contribution in [0.2, 0.25) is 0 Å². The Bertz CT molecular complexity index is 940. The Balaban J connectivity index is 1.69. The van der Waals surface area contributed by atoms with E-state index in [0.717, 1.165) is 23.5 Å². The van der Waals surface area contributed by atoms with Gasteiger partial charge in [-0.3, -0.25) is 4.79 Å². The van der Waals surface area contributed by atoms with Gasteiger partial charge in [-0.1, -0.05) is 24.3 Å². The number of nitrogens with zero attached hydrogens (tertiary/aromatic N) is 1. The van der Waals surface area contributed by atoms with Crippen LogP contribution in [0.1, 0.15) is 25.9 Å². The zero-order chi connectivity index (χ0) is 19.4. The van der Waals surface area contributed by atoms with Gasteiger partial charge in [-0.2, -0.15) is 13.2 Å². The standard InChI is InChI=1S/C19H15F3N2O2S/c1-12-17(27-16(23-12)11-26-15-8-3-2-4-9-15)18(25)24-14-7-5-6-13(10-14)19(20,21)22/h2-10H,11H2,1H3,(H,24,25). The molecule has 0 bridgehead atoms. The summed E-state index contributed by atoms with van der Waals surface area (Å²) in [4.78, 5) is 17.1. The van der Waals surface area contributed by atoms with Gasteiger partial charge in [0.25, 0.3) is 5.91 Å². The summed E-state index contributed by atoms with van der Waals surface area (Å²) in [5.41, 5.74) is -0.251. The quantitative estimate of drug-likeness (QED) is 0.641. The van der Waals surface area contributed by atoms with Crippen LogP contribution in [-0.4, -0.2) is 10.9 Å². The molecule has 4 nitrogen and oxygen atoms in total. The molecule has 27 heavy (non-hydrogen) atoms. The molecule has 0 atom stereocenters. The van der Waals surface area contributed by atoms with Gasteiger partial charge >= 0.3 is 6.18 Å². The smallest absolute Gasteiger partial charge is 0.416 e. The summed E-state index contributed by atoms with van der Waals surface area (Å²) in [7, 11) is 0. The highest BCUT2D eigenvalue weighted by molar-refractivity contribution is 7.13. The zero-order valence-electron chi connectivity index (χ0n) is 14.2. The number of ether oxygens (including phenoxy) is 1. The maximum atomic E-state index is 12.8. The molecule has 3 aromatic rings. The van der Waals surface area contributed by atoms with Crippen molar-refractivity contribution in [2.45, 2.75) is 19.7 Å². The van der Waals surface area contributed by atoms with Crippen molar-refractivity contribution < 1.29 is 22.7 Å². The van der Waals surface area contributed by atoms with Crippen LogP contribution in [-0.2, 0) is 12.8 Å². The number of nitrogens with one attached hydrogen (secondary N) is 1. The minimum absolute atomic E-state index is 0.0738. The molecular weight excluding hydrogens is 377 g/mol. The normalized spacial score (nSPS) is 11.3. The minimum atomic E-state index is -4.47. The van der Waals surface area contributed by atoms with Gasteiger partial charge in [0.1, 0.15) is 22.2 Å². The maximum Gasteiger partial charge on any atom is 0.416 e. The Labute approximate surface area is 157 Å². The fraction of sp³-hybridized carbons (Fsp3) is 0.158. The number of hydrogen-bond donors (Lipinski definition) is 1. The van der Waals surface area contributed by atoms with E-state index in [1.165, 1.54) is 12.1 Å². The van der Waals surface area contributed by atoms with Crippen molar-refractivity contribution in [1.82, 2.24) is 4.98 Å². The van der Waals surface area contributed by atoms with Crippen LogP contribution < -0.4 is 10.1 Å². The number of benzene rings is 2. The van der Waals surface area contributed by atoms with Crippen molar-refractivity contribution in [1.29, 1.82) is 0 Å². The maximum absolute atomic E-state index is 12.8. The molecule has 2 aromatic carbocycles. The van der Waals surface area contributed by atoms with E-state index in [0.29, 0.717) is 21.3 Å². The number of amides is 1. The van der Waals surface area contributed by atoms with Crippen molar-refractivity contribution >= 4 is 22.9 Å². The highest BCUT2D eigenvalue weighted by Crippen LogP contribution is 2.31. The number of alkyl halides is 3. The number of rotatable bonds is 5. The summed E-state index contributed by atoms with van der Waals surface area (Å²) < 4.78 is 44.0. The molecule has 0 spiro atoms. The van der Waals surface area contributed by atoms with Gasteiger partial charge in [-0.25, -0.2) is 4.98 Å². The van der Waals surface area contributed by atoms with E-state index in [2.05, 4.69) is 10.3 Å². The largest absolute Gasteiger partial charge is 0.486 e. The second-order valence-corrected chi connectivity index (χ2v) is 6.74. The summed E-state index contributed by atoms with van der Waals surface area (Å²) in [6.45, 7) is 1.87. The molecule has 1 amide bonds. The van der Waals surface area contributed by atoms with Crippen LogP contribution in [0.5, 0.6) is 5.75 Å². The van der Waals surface area contributed by atoms with E-state index >= 15 is 0 Å². The highest BCUT2D eigenvalue weighted by atomic mass is 32.1. The van der Waals surface area contributed by atoms with E-state index in [-0.39, 0.29) is 12.3 Å². The SMILES string of the molecule is Cc1nc(COc2ccccc2)sc1C(=O)Nc1cccc(C(F)(F)F)c1. The van der Waals surface area contributed by atoms with Gasteiger partial charge < -0.3 is 10.1 Å². The molecule has 0 saturated heterocycles. The predicted octanol–water partition coefficient (Wildman–Crippen LogP) is 5.30. The van der Waals surface area contributed by atoms with E-state index in [1.54, 1.807) is 6.92 Å². The third-order valence-electron chi connectivity index (χ3n) is 3.60. The van der Waals surface area contributed by atoms with Crippen molar-refractivity contribution in [3.8, 4) is 5.75 Å². The lowest BCUT2D eigenvalue weighted by molar-refractivity contribution is -0.137. The van der Waals surface area contributed by atoms with Crippen LogP contribution in [0.25, 0.3) is 0 Å². The molecule has 0 saturated carbocycles. The second-order valence-electron chi connectivity index (χ2n) is 5.66. The number of halogens is 3. The first-order valence-electron chi connectivity index (χ1n) is 7.95. The Kier molecular flexibility index (Phi) is 5.46. The predicted molar refractivity (Wildman–Crippen MR) is 97.0 cm³/mol. The van der Waals surface area contributed by atoms with E-state index < -0.39 is 17.6 Å². The third kappa shape index (κ3) is 4.85. The lowest BCUT2D eigenvalue weighted by atomic mass is 10.2. The Morgan fingerprint density at radius 3 is 2.59 bits per heavy atom. The van der Waals surface area contributed by atoms with E-state index in [1.807, 2.05) is 30.3 Å². The molecule has 0 radical (unpaired) electrons. The molecule has 140 valence electrons. The molecule has 0 aliphatic heterocycles. The Hall–Kier alpha value is -2.87. The van der Waals surface area contributed by atoms with Crippen molar-refractivity contribution in [2.75, 3.05) is 5.32 Å². The average Bonchev–Trinajstić information content (AvgIpc) is 3.01. The number of hydrogen-bond acceptors (Lipinski definition) is 4. The van der Waals surface area contributed by atoms with Crippen LogP contribution in [0, 0.1) is 6.92 Å². The van der Waals surface area contributed by atoms with Crippen molar-refractivity contribution in [3.05, 3.63) is 75.7 Å². The average molecular weight is 392 g/mol. The Morgan fingerprint density at radius 2 is 1.89 bits per heavy atom. The number of aromatic nitrogens is 1. The number of carbonyl (C=O) groups excluding carboxylic acids is 1. The summed E-state index contributed by atoms with van der Waals surface area (Å²) in [6, 6.07) is 13.7. The molecule has 0 aliphatic carbocycles. The second kappa shape index (κ2) is 7.79. The lowest BCUT2D eigenvalue weighted by Gasteiger charge is -2.09. The third-order valence-corrected chi connectivity index (χ3v) is 4.73. The first-order chi connectivity index (χ1) is 12.8. The first-order valence-corrected chi connectivity index (χ1v) is 8.77. The van der Waals surface area contributed by atoms with Crippen LogP contribution in [0.15, 0.2) is 54.6 Å². The molecule has 3 rings (SSSR count). The van der Waals surface area contributed by atoms with Gasteiger partial charge in [0.15, 0.2) is 0 Å². The van der Waals surface area contributed by atoms with Gasteiger partial charge in [0.05, 0.1) is 11.3 Å². The van der Waals surface area contributed by atoms with Gasteiger partial charge in [-0.05, 0) is 37.3 Å². The molecule has 1 heterocycles. The van der Waals surface area contributed by atoms with Crippen LogP contribution in [0.4, 0.5) is 18.9 Å². The van der Waals surface area contributed by atoms with E-state index in [9.17, 15) is 18.0 Å². The number of carbonyl (C=O) groups is 1.